The van der Waals surface area contributed by atoms with Gasteiger partial charge in [0.2, 0.25) is 10.0 Å². The molecule has 0 aliphatic rings. The van der Waals surface area contributed by atoms with E-state index >= 15 is 0 Å². The van der Waals surface area contributed by atoms with Gasteiger partial charge in [-0.25, -0.2) is 13.1 Å². The van der Waals surface area contributed by atoms with E-state index in [0.717, 1.165) is 17.4 Å². The second kappa shape index (κ2) is 4.02. The third-order valence-corrected chi connectivity index (χ3v) is 2.32. The van der Waals surface area contributed by atoms with Gasteiger partial charge in [0.15, 0.2) is 0 Å². The minimum absolute atomic E-state index is 0.359. The quantitative estimate of drug-likeness (QED) is 0.819. The van der Waals surface area contributed by atoms with Gasteiger partial charge in [0.1, 0.15) is 0 Å². The van der Waals surface area contributed by atoms with Crippen molar-refractivity contribution in [2.45, 2.75) is 13.8 Å². The van der Waals surface area contributed by atoms with Crippen LogP contribution in [0.25, 0.3) is 0 Å². The van der Waals surface area contributed by atoms with Crippen molar-refractivity contribution < 1.29 is 13.2 Å². The molecule has 5 heteroatoms. The molecular weight excluding hydrogens is 214 g/mol. The van der Waals surface area contributed by atoms with Crippen molar-refractivity contribution in [1.82, 2.24) is 4.72 Å². The van der Waals surface area contributed by atoms with Gasteiger partial charge in [-0.3, -0.25) is 4.79 Å². The lowest BCUT2D eigenvalue weighted by atomic mass is 10.1. The fourth-order valence-electron chi connectivity index (χ4n) is 1.33. The molecule has 1 aromatic carbocycles. The number of benzene rings is 1. The largest absolute Gasteiger partial charge is 0.268 e. The molecule has 0 bridgehead atoms. The predicted molar refractivity (Wildman–Crippen MR) is 58.2 cm³/mol. The Morgan fingerprint density at radius 2 is 1.60 bits per heavy atom. The van der Waals surface area contributed by atoms with Gasteiger partial charge in [-0.2, -0.15) is 0 Å². The summed E-state index contributed by atoms with van der Waals surface area (Å²) >= 11 is 0. The van der Waals surface area contributed by atoms with Gasteiger partial charge in [-0.1, -0.05) is 17.2 Å². The second-order valence-corrected chi connectivity index (χ2v) is 5.33. The van der Waals surface area contributed by atoms with Gasteiger partial charge in [-0.05, 0) is 26.0 Å². The van der Waals surface area contributed by atoms with Crippen molar-refractivity contribution in [2.24, 2.45) is 0 Å². The average molecular weight is 227 g/mol. The second-order valence-electron chi connectivity index (χ2n) is 3.58. The third kappa shape index (κ3) is 3.71. The predicted octanol–water partition coefficient (Wildman–Crippen LogP) is 0.993. The first-order chi connectivity index (χ1) is 6.78. The Labute approximate surface area is 89.4 Å². The maximum absolute atomic E-state index is 11.5. The highest BCUT2D eigenvalue weighted by Crippen LogP contribution is 2.08. The normalized spacial score (nSPS) is 11.1. The van der Waals surface area contributed by atoms with Gasteiger partial charge in [-0.15, -0.1) is 0 Å². The Morgan fingerprint density at radius 1 is 1.13 bits per heavy atom. The van der Waals surface area contributed by atoms with E-state index in [1.54, 1.807) is 12.1 Å². The van der Waals surface area contributed by atoms with Crippen LogP contribution in [0.5, 0.6) is 0 Å². The highest BCUT2D eigenvalue weighted by Gasteiger charge is 2.11. The maximum atomic E-state index is 11.5. The minimum Gasteiger partial charge on any atom is -0.268 e. The molecule has 0 aliphatic carbocycles. The van der Waals surface area contributed by atoms with E-state index in [1.165, 1.54) is 0 Å². The topological polar surface area (TPSA) is 63.2 Å². The van der Waals surface area contributed by atoms with E-state index in [9.17, 15) is 13.2 Å². The van der Waals surface area contributed by atoms with E-state index in [1.807, 2.05) is 24.6 Å². The van der Waals surface area contributed by atoms with Crippen LogP contribution in [0, 0.1) is 13.8 Å². The first-order valence-electron chi connectivity index (χ1n) is 4.38. The molecule has 15 heavy (non-hydrogen) atoms. The molecule has 1 amide bonds. The number of hydrogen-bond acceptors (Lipinski definition) is 3. The fourth-order valence-corrected chi connectivity index (χ4v) is 1.79. The summed E-state index contributed by atoms with van der Waals surface area (Å²) in [6.07, 6.45) is 0.952. The summed E-state index contributed by atoms with van der Waals surface area (Å²) in [5, 5.41) is 0. The van der Waals surface area contributed by atoms with Crippen LogP contribution in [0.4, 0.5) is 0 Å². The summed E-state index contributed by atoms with van der Waals surface area (Å²) < 4.78 is 23.6. The van der Waals surface area contributed by atoms with Crippen LogP contribution in [-0.2, 0) is 10.0 Å². The van der Waals surface area contributed by atoms with E-state index in [-0.39, 0.29) is 0 Å². The molecule has 4 nitrogen and oxygen atoms in total. The number of hydrogen-bond donors (Lipinski definition) is 1. The van der Waals surface area contributed by atoms with E-state index in [4.69, 9.17) is 0 Å². The smallest absolute Gasteiger partial charge is 0.264 e. The summed E-state index contributed by atoms with van der Waals surface area (Å²) in [5.74, 6) is -0.593. The molecule has 0 atom stereocenters. The zero-order valence-corrected chi connectivity index (χ0v) is 9.68. The number of aryl methyl sites for hydroxylation is 2. The zero-order valence-electron chi connectivity index (χ0n) is 8.87. The highest BCUT2D eigenvalue weighted by molar-refractivity contribution is 7.89. The van der Waals surface area contributed by atoms with Gasteiger partial charge in [0.25, 0.3) is 5.91 Å². The van der Waals surface area contributed by atoms with Crippen molar-refractivity contribution in [1.29, 1.82) is 0 Å². The molecule has 0 aliphatic heterocycles. The molecule has 0 heterocycles. The molecule has 0 fully saturated rings. The molecule has 0 radical (unpaired) electrons. The van der Waals surface area contributed by atoms with Crippen LogP contribution in [-0.4, -0.2) is 20.6 Å². The average Bonchev–Trinajstić information content (AvgIpc) is 1.98. The van der Waals surface area contributed by atoms with Crippen LogP contribution >= 0.6 is 0 Å². The number of carbonyl (C=O) groups excluding carboxylic acids is 1. The molecule has 0 aromatic heterocycles. The fraction of sp³-hybridized carbons (Fsp3) is 0.300. The molecule has 1 rings (SSSR count). The summed E-state index contributed by atoms with van der Waals surface area (Å²) in [4.78, 5) is 11.5. The van der Waals surface area contributed by atoms with Crippen LogP contribution in [0.15, 0.2) is 18.2 Å². The van der Waals surface area contributed by atoms with Crippen LogP contribution < -0.4 is 4.72 Å². The highest BCUT2D eigenvalue weighted by atomic mass is 32.2. The van der Waals surface area contributed by atoms with E-state index in [2.05, 4.69) is 0 Å². The lowest BCUT2D eigenvalue weighted by Crippen LogP contribution is -2.29. The number of amides is 1. The van der Waals surface area contributed by atoms with Gasteiger partial charge < -0.3 is 0 Å². The van der Waals surface area contributed by atoms with Crippen molar-refractivity contribution >= 4 is 15.9 Å². The first kappa shape index (κ1) is 11.7. The Kier molecular flexibility index (Phi) is 3.14. The van der Waals surface area contributed by atoms with Gasteiger partial charge in [0, 0.05) is 5.56 Å². The van der Waals surface area contributed by atoms with Crippen LogP contribution in [0.2, 0.25) is 0 Å². The van der Waals surface area contributed by atoms with Crippen LogP contribution in [0.1, 0.15) is 21.5 Å². The summed E-state index contributed by atoms with van der Waals surface area (Å²) in [6, 6.07) is 5.21. The summed E-state index contributed by atoms with van der Waals surface area (Å²) in [6.45, 7) is 3.70. The monoisotopic (exact) mass is 227 g/mol. The number of carbonyl (C=O) groups is 1. The standard InChI is InChI=1S/C10H13NO3S/c1-7-4-8(2)6-9(5-7)10(12)11-15(3,13)14/h4-6H,1-3H3,(H,11,12). The first-order valence-corrected chi connectivity index (χ1v) is 6.27. The van der Waals surface area contributed by atoms with Crippen molar-refractivity contribution in [3.8, 4) is 0 Å². The van der Waals surface area contributed by atoms with E-state index < -0.39 is 15.9 Å². The van der Waals surface area contributed by atoms with Gasteiger partial charge >= 0.3 is 0 Å². The molecule has 82 valence electrons. The zero-order chi connectivity index (χ0) is 11.6. The molecule has 0 saturated heterocycles. The van der Waals surface area contributed by atoms with Crippen molar-refractivity contribution in [3.63, 3.8) is 0 Å². The summed E-state index contributed by atoms with van der Waals surface area (Å²) in [7, 11) is -3.50. The maximum Gasteiger partial charge on any atom is 0.264 e. The molecule has 1 N–H and O–H groups in total. The Balaban J connectivity index is 3.02. The van der Waals surface area contributed by atoms with Crippen molar-refractivity contribution in [2.75, 3.05) is 6.26 Å². The van der Waals surface area contributed by atoms with Gasteiger partial charge in [0.05, 0.1) is 6.26 Å². The number of nitrogens with one attached hydrogen (secondary N) is 1. The number of rotatable bonds is 2. The SMILES string of the molecule is Cc1cc(C)cc(C(=O)NS(C)(=O)=O)c1. The Bertz CT molecular complexity index is 471. The Hall–Kier alpha value is -1.36. The molecule has 0 unspecified atom stereocenters. The molecule has 0 saturated carbocycles. The third-order valence-electron chi connectivity index (χ3n) is 1.76. The molecule has 0 spiro atoms. The lowest BCUT2D eigenvalue weighted by molar-refractivity contribution is 0.0981. The van der Waals surface area contributed by atoms with E-state index in [0.29, 0.717) is 5.56 Å². The van der Waals surface area contributed by atoms with Crippen molar-refractivity contribution in [3.05, 3.63) is 34.9 Å². The molecule has 1 aromatic rings. The summed E-state index contributed by atoms with van der Waals surface area (Å²) in [5.41, 5.74) is 2.21. The van der Waals surface area contributed by atoms with Crippen LogP contribution in [0.3, 0.4) is 0 Å². The Morgan fingerprint density at radius 3 is 2.00 bits per heavy atom. The number of sulfonamides is 1. The minimum atomic E-state index is -3.50. The molecular formula is C10H13NO3S. The lowest BCUT2D eigenvalue weighted by Gasteiger charge is -2.04.